The van der Waals surface area contributed by atoms with Crippen LogP contribution in [0, 0.1) is 0 Å². The minimum Gasteiger partial charge on any atom is -0.497 e. The van der Waals surface area contributed by atoms with Crippen molar-refractivity contribution in [2.45, 2.75) is 6.54 Å². The summed E-state index contributed by atoms with van der Waals surface area (Å²) in [6, 6.07) is 16.3. The molecule has 0 aliphatic carbocycles. The second kappa shape index (κ2) is 9.85. The summed E-state index contributed by atoms with van der Waals surface area (Å²) in [4.78, 5) is 34.9. The van der Waals surface area contributed by atoms with Gasteiger partial charge in [0.2, 0.25) is 4.96 Å². The number of aromatic nitrogens is 3. The third-order valence-corrected chi connectivity index (χ3v) is 6.94. The van der Waals surface area contributed by atoms with E-state index in [9.17, 15) is 9.59 Å². The summed E-state index contributed by atoms with van der Waals surface area (Å²) in [5, 5.41) is 5.14. The fraction of sp³-hybridized carbons (Fsp3) is 0.280. The van der Waals surface area contributed by atoms with Crippen molar-refractivity contribution in [2.75, 3.05) is 40.4 Å². The van der Waals surface area contributed by atoms with E-state index in [0.29, 0.717) is 65.4 Å². The van der Waals surface area contributed by atoms with Crippen molar-refractivity contribution >= 4 is 22.2 Å². The van der Waals surface area contributed by atoms with E-state index in [1.165, 1.54) is 21.9 Å². The topological polar surface area (TPSA) is 89.3 Å². The number of para-hydroxylation sites is 1. The standard InChI is InChI=1S/C25H25N5O4S/c1-33-19-7-5-6-17(14-19)24(32)29-12-10-28(11-13-29)16-18-15-22(31)30-25(26-18)35-23(27-30)20-8-3-4-9-21(20)34-2/h3-9,14-15H,10-13,16H2,1-2H3. The van der Waals surface area contributed by atoms with Crippen LogP contribution in [0.2, 0.25) is 0 Å². The second-order valence-electron chi connectivity index (χ2n) is 8.19. The molecule has 0 N–H and O–H groups in total. The van der Waals surface area contributed by atoms with Gasteiger partial charge >= 0.3 is 0 Å². The maximum atomic E-state index is 12.9. The summed E-state index contributed by atoms with van der Waals surface area (Å²) in [7, 11) is 3.20. The lowest BCUT2D eigenvalue weighted by Gasteiger charge is -2.34. The van der Waals surface area contributed by atoms with Crippen LogP contribution in [0.4, 0.5) is 0 Å². The van der Waals surface area contributed by atoms with Gasteiger partial charge in [-0.3, -0.25) is 14.5 Å². The van der Waals surface area contributed by atoms with Crippen LogP contribution in [0.5, 0.6) is 11.5 Å². The molecule has 0 atom stereocenters. The molecular formula is C25H25N5O4S. The quantitative estimate of drug-likeness (QED) is 0.410. The minimum atomic E-state index is -0.214. The molecule has 0 saturated carbocycles. The predicted octanol–water partition coefficient (Wildman–Crippen LogP) is 2.79. The highest BCUT2D eigenvalue weighted by Gasteiger charge is 2.23. The highest BCUT2D eigenvalue weighted by Crippen LogP contribution is 2.32. The van der Waals surface area contributed by atoms with Crippen LogP contribution in [0.25, 0.3) is 15.5 Å². The molecule has 5 rings (SSSR count). The van der Waals surface area contributed by atoms with Crippen LogP contribution in [-0.4, -0.2) is 70.7 Å². The van der Waals surface area contributed by atoms with Gasteiger partial charge in [-0.05, 0) is 30.3 Å². The fourth-order valence-electron chi connectivity index (χ4n) is 4.14. The van der Waals surface area contributed by atoms with Gasteiger partial charge in [-0.1, -0.05) is 29.5 Å². The Kier molecular flexibility index (Phi) is 6.47. The molecular weight excluding hydrogens is 466 g/mol. The molecule has 35 heavy (non-hydrogen) atoms. The number of nitrogens with zero attached hydrogens (tertiary/aromatic N) is 5. The van der Waals surface area contributed by atoms with Crippen LogP contribution >= 0.6 is 11.3 Å². The van der Waals surface area contributed by atoms with Crippen LogP contribution < -0.4 is 15.0 Å². The van der Waals surface area contributed by atoms with Gasteiger partial charge < -0.3 is 14.4 Å². The molecule has 2 aromatic heterocycles. The smallest absolute Gasteiger partial charge is 0.275 e. The molecule has 0 radical (unpaired) electrons. The molecule has 0 bridgehead atoms. The van der Waals surface area contributed by atoms with Crippen LogP contribution in [-0.2, 0) is 6.54 Å². The van der Waals surface area contributed by atoms with Crippen molar-refractivity contribution in [1.82, 2.24) is 24.4 Å². The maximum Gasteiger partial charge on any atom is 0.275 e. The molecule has 4 aromatic rings. The zero-order chi connectivity index (χ0) is 24.4. The molecule has 1 aliphatic heterocycles. The molecule has 2 aromatic carbocycles. The fourth-order valence-corrected chi connectivity index (χ4v) is 5.10. The number of benzene rings is 2. The molecule has 0 spiro atoms. The Morgan fingerprint density at radius 3 is 2.57 bits per heavy atom. The van der Waals surface area contributed by atoms with Crippen molar-refractivity contribution < 1.29 is 14.3 Å². The zero-order valence-electron chi connectivity index (χ0n) is 19.5. The number of ether oxygens (including phenoxy) is 2. The molecule has 180 valence electrons. The number of carbonyl (C=O) groups is 1. The van der Waals surface area contributed by atoms with Crippen molar-refractivity contribution in [1.29, 1.82) is 0 Å². The molecule has 1 amide bonds. The summed E-state index contributed by atoms with van der Waals surface area (Å²) >= 11 is 1.35. The first-order chi connectivity index (χ1) is 17.1. The van der Waals surface area contributed by atoms with E-state index in [-0.39, 0.29) is 11.5 Å². The summed E-state index contributed by atoms with van der Waals surface area (Å²) in [6.45, 7) is 3.15. The van der Waals surface area contributed by atoms with Gasteiger partial charge in [0, 0.05) is 44.4 Å². The Bertz CT molecular complexity index is 1420. The number of fused-ring (bicyclic) bond motifs is 1. The molecule has 3 heterocycles. The number of amides is 1. The van der Waals surface area contributed by atoms with Crippen molar-refractivity contribution in [3.8, 4) is 22.1 Å². The van der Waals surface area contributed by atoms with E-state index in [1.54, 1.807) is 26.4 Å². The SMILES string of the molecule is COc1cccc(C(=O)N2CCN(Cc3cc(=O)n4nc(-c5ccccc5OC)sc4n3)CC2)c1. The molecule has 10 heteroatoms. The lowest BCUT2D eigenvalue weighted by molar-refractivity contribution is 0.0626. The number of methoxy groups -OCH3 is 2. The Balaban J connectivity index is 1.28. The highest BCUT2D eigenvalue weighted by atomic mass is 32.1. The van der Waals surface area contributed by atoms with E-state index in [2.05, 4.69) is 10.00 Å². The van der Waals surface area contributed by atoms with Crippen LogP contribution in [0.1, 0.15) is 16.1 Å². The van der Waals surface area contributed by atoms with E-state index >= 15 is 0 Å². The van der Waals surface area contributed by atoms with Gasteiger partial charge in [0.05, 0.1) is 25.5 Å². The Hall–Kier alpha value is -3.76. The van der Waals surface area contributed by atoms with Crippen molar-refractivity contribution in [2.24, 2.45) is 0 Å². The first kappa shape index (κ1) is 23.0. The number of hydrogen-bond acceptors (Lipinski definition) is 8. The van der Waals surface area contributed by atoms with E-state index in [1.807, 2.05) is 41.3 Å². The number of rotatable bonds is 6. The average Bonchev–Trinajstić information content (AvgIpc) is 3.33. The maximum absolute atomic E-state index is 12.9. The molecule has 1 fully saturated rings. The second-order valence-corrected chi connectivity index (χ2v) is 9.14. The van der Waals surface area contributed by atoms with Crippen molar-refractivity contribution in [3.63, 3.8) is 0 Å². The summed E-state index contributed by atoms with van der Waals surface area (Å²) in [5.74, 6) is 1.36. The van der Waals surface area contributed by atoms with Gasteiger partial charge in [-0.15, -0.1) is 0 Å². The normalized spacial score (nSPS) is 14.3. The summed E-state index contributed by atoms with van der Waals surface area (Å²) in [5.41, 5.74) is 1.92. The molecule has 1 aliphatic rings. The Labute approximate surface area is 206 Å². The number of carbonyl (C=O) groups excluding carboxylic acids is 1. The minimum absolute atomic E-state index is 0.00475. The van der Waals surface area contributed by atoms with Gasteiger partial charge in [-0.2, -0.15) is 9.61 Å². The van der Waals surface area contributed by atoms with Gasteiger partial charge in [0.25, 0.3) is 11.5 Å². The lowest BCUT2D eigenvalue weighted by Crippen LogP contribution is -2.48. The zero-order valence-corrected chi connectivity index (χ0v) is 20.3. The van der Waals surface area contributed by atoms with Gasteiger partial charge in [-0.25, -0.2) is 4.98 Å². The largest absolute Gasteiger partial charge is 0.497 e. The Morgan fingerprint density at radius 2 is 1.80 bits per heavy atom. The Morgan fingerprint density at radius 1 is 1.00 bits per heavy atom. The average molecular weight is 492 g/mol. The summed E-state index contributed by atoms with van der Waals surface area (Å²) < 4.78 is 12.0. The predicted molar refractivity (Wildman–Crippen MR) is 133 cm³/mol. The monoisotopic (exact) mass is 491 g/mol. The molecule has 1 saturated heterocycles. The molecule has 9 nitrogen and oxygen atoms in total. The van der Waals surface area contributed by atoms with E-state index in [4.69, 9.17) is 14.5 Å². The summed E-state index contributed by atoms with van der Waals surface area (Å²) in [6.07, 6.45) is 0. The highest BCUT2D eigenvalue weighted by molar-refractivity contribution is 7.19. The first-order valence-electron chi connectivity index (χ1n) is 11.2. The van der Waals surface area contributed by atoms with Crippen LogP contribution in [0.15, 0.2) is 59.4 Å². The molecule has 0 unspecified atom stereocenters. The number of hydrogen-bond donors (Lipinski definition) is 0. The third-order valence-electron chi connectivity index (χ3n) is 6.00. The first-order valence-corrected chi connectivity index (χ1v) is 12.1. The van der Waals surface area contributed by atoms with Gasteiger partial charge in [0.15, 0.2) is 5.01 Å². The van der Waals surface area contributed by atoms with E-state index < -0.39 is 0 Å². The van der Waals surface area contributed by atoms with Crippen molar-refractivity contribution in [3.05, 3.63) is 76.2 Å². The van der Waals surface area contributed by atoms with Gasteiger partial charge in [0.1, 0.15) is 11.5 Å². The van der Waals surface area contributed by atoms with Crippen LogP contribution in [0.3, 0.4) is 0 Å². The van der Waals surface area contributed by atoms with E-state index in [0.717, 1.165) is 5.56 Å². The number of piperazine rings is 1. The lowest BCUT2D eigenvalue weighted by atomic mass is 10.1. The third kappa shape index (κ3) is 4.75.